The molecule has 0 unspecified atom stereocenters. The van der Waals surface area contributed by atoms with Crippen LogP contribution in [0.25, 0.3) is 0 Å². The topological polar surface area (TPSA) is 571 Å². The van der Waals surface area contributed by atoms with E-state index in [9.17, 15) is 106 Å². The Labute approximate surface area is 662 Å². The molecule has 6 aliphatic heterocycles. The second-order valence-electron chi connectivity index (χ2n) is 31.2. The van der Waals surface area contributed by atoms with Crippen LogP contribution in [-0.2, 0) is 76.0 Å². The zero-order valence-corrected chi connectivity index (χ0v) is 66.5. The van der Waals surface area contributed by atoms with Gasteiger partial charge in [0.15, 0.2) is 37.7 Å². The molecule has 21 N–H and O–H groups in total. The summed E-state index contributed by atoms with van der Waals surface area (Å²) in [6.07, 6.45) is -26.9. The highest BCUT2D eigenvalue weighted by Gasteiger charge is 2.60. The highest BCUT2D eigenvalue weighted by Crippen LogP contribution is 2.39. The van der Waals surface area contributed by atoms with Gasteiger partial charge in [0.1, 0.15) is 146 Å². The summed E-state index contributed by atoms with van der Waals surface area (Å²) in [5.41, 5.74) is 0. The van der Waals surface area contributed by atoms with Crippen LogP contribution in [0.1, 0.15) is 215 Å². The third kappa shape index (κ3) is 29.5. The molecular weight excluding hydrogens is 1500 g/mol. The molecule has 0 saturated carbocycles. The molecule has 0 radical (unpaired) electrons. The van der Waals surface area contributed by atoms with Crippen molar-refractivity contribution in [3.05, 3.63) is 0 Å². The van der Waals surface area contributed by atoms with Crippen LogP contribution in [-0.4, -0.2) is 352 Å². The van der Waals surface area contributed by atoms with Gasteiger partial charge in [0.05, 0.1) is 57.9 Å². The molecular formula is C76H138N4O33. The van der Waals surface area contributed by atoms with Crippen molar-refractivity contribution in [1.29, 1.82) is 0 Å². The smallest absolute Gasteiger partial charge is 0.220 e. The number of hydrogen-bond acceptors (Lipinski definition) is 33. The summed E-state index contributed by atoms with van der Waals surface area (Å²) in [7, 11) is 0. The fourth-order valence-corrected chi connectivity index (χ4v) is 15.4. The summed E-state index contributed by atoms with van der Waals surface area (Å²) in [5.74, 6) is -3.10. The van der Waals surface area contributed by atoms with Gasteiger partial charge in [-0.2, -0.15) is 0 Å². The van der Waals surface area contributed by atoms with Gasteiger partial charge in [0.2, 0.25) is 23.6 Å². The Bertz CT molecular complexity index is 2660. The molecule has 37 heteroatoms. The molecule has 33 atom stereocenters. The van der Waals surface area contributed by atoms with E-state index >= 15 is 0 Å². The fraction of sp³-hybridized carbons (Fsp3) is 0.947. The van der Waals surface area contributed by atoms with Crippen molar-refractivity contribution in [2.24, 2.45) is 0 Å². The summed E-state index contributed by atoms with van der Waals surface area (Å²) in [6.45, 7) is 3.02. The highest BCUT2D eigenvalue weighted by atomic mass is 16.8. The Morgan fingerprint density at radius 2 is 0.673 bits per heavy atom. The minimum Gasteiger partial charge on any atom is -0.394 e. The summed E-state index contributed by atoms with van der Waals surface area (Å²) in [4.78, 5) is 53.8. The van der Waals surface area contributed by atoms with Gasteiger partial charge in [-0.3, -0.25) is 19.2 Å². The fourth-order valence-electron chi connectivity index (χ4n) is 15.4. The average molecular weight is 1640 g/mol. The Morgan fingerprint density at radius 1 is 0.345 bits per heavy atom. The van der Waals surface area contributed by atoms with Crippen molar-refractivity contribution >= 4 is 23.6 Å². The van der Waals surface area contributed by atoms with Crippen LogP contribution in [0.2, 0.25) is 0 Å². The molecule has 0 aromatic heterocycles. The number of unbranched alkanes of at least 4 members (excludes halogenated alkanes) is 23. The molecule has 37 nitrogen and oxygen atoms in total. The van der Waals surface area contributed by atoms with Crippen molar-refractivity contribution in [1.82, 2.24) is 21.3 Å². The first kappa shape index (κ1) is 98.5. The molecule has 6 aliphatic rings. The van der Waals surface area contributed by atoms with Gasteiger partial charge >= 0.3 is 0 Å². The predicted molar refractivity (Wildman–Crippen MR) is 396 cm³/mol. The van der Waals surface area contributed by atoms with Crippen LogP contribution in [0.3, 0.4) is 0 Å². The normalized spacial score (nSPS) is 37.1. The number of carbonyl (C=O) groups is 4. The molecule has 0 aromatic carbocycles. The van der Waals surface area contributed by atoms with E-state index < -0.39 is 266 Å². The summed E-state index contributed by atoms with van der Waals surface area (Å²) in [6, 6.07) is -6.85. The molecule has 6 rings (SSSR count). The Hall–Kier alpha value is -3.28. The van der Waals surface area contributed by atoms with Crippen molar-refractivity contribution in [3.8, 4) is 0 Å². The third-order valence-corrected chi connectivity index (χ3v) is 22.0. The van der Waals surface area contributed by atoms with Crippen LogP contribution in [0.5, 0.6) is 0 Å². The number of amides is 4. The van der Waals surface area contributed by atoms with Crippen molar-refractivity contribution in [2.45, 2.75) is 417 Å². The van der Waals surface area contributed by atoms with Gasteiger partial charge in [-0.25, -0.2) is 0 Å². The third-order valence-electron chi connectivity index (χ3n) is 22.0. The molecule has 0 aromatic rings. The Morgan fingerprint density at radius 3 is 1.11 bits per heavy atom. The summed E-state index contributed by atoms with van der Waals surface area (Å²) < 4.78 is 73.5. The van der Waals surface area contributed by atoms with Gasteiger partial charge in [-0.1, -0.05) is 168 Å². The molecule has 0 spiro atoms. The van der Waals surface area contributed by atoms with E-state index in [1.165, 1.54) is 90.4 Å². The minimum atomic E-state index is -2.11. The van der Waals surface area contributed by atoms with E-state index in [-0.39, 0.29) is 12.8 Å². The Kier molecular flexibility index (Phi) is 44.8. The van der Waals surface area contributed by atoms with E-state index in [1.54, 1.807) is 0 Å². The van der Waals surface area contributed by atoms with Crippen LogP contribution in [0, 0.1) is 0 Å². The van der Waals surface area contributed by atoms with E-state index in [4.69, 9.17) is 56.8 Å². The molecule has 4 amide bonds. The SMILES string of the molecule is CCCCCCCCCCCCCCCC(=O)N[C@@H](CO[C@@H]1O[C@H](CO)[C@@H](O[C@@H]2O[C@H](CO)[C@@H](O)[C@H](O[C@@H]3O[C@H](CO)[C@@H](O)[C@H](O[C@@H]4O[C@H](CO)[C@@H](O[C@@H]5O[C@H](CO)[C@H](O)[C@H](O)[C@H]5O)[C@H](O[C@@H]5O[C@@H](C)[C@@H](O)[C@@H](O)[C@@H]5O)[C@H]4NC(C)=O)[C@H]3NC(C)=O)[C@H]2NC(C)=O)[C@H](O)[C@H]1O)[C@H](O)[C@H](O)CCCCCCCCCCCCCC. The van der Waals surface area contributed by atoms with E-state index in [0.29, 0.717) is 12.8 Å². The van der Waals surface area contributed by atoms with Crippen molar-refractivity contribution < 1.29 is 163 Å². The number of nitrogens with one attached hydrogen (secondary N) is 4. The van der Waals surface area contributed by atoms with E-state index in [2.05, 4.69) is 35.1 Å². The molecule has 0 aliphatic carbocycles. The number of carbonyl (C=O) groups excluding carboxylic acids is 4. The van der Waals surface area contributed by atoms with Crippen molar-refractivity contribution in [2.75, 3.05) is 39.6 Å². The lowest BCUT2D eigenvalue weighted by Crippen LogP contribution is -2.73. The highest BCUT2D eigenvalue weighted by molar-refractivity contribution is 5.76. The average Bonchev–Trinajstić information content (AvgIpc) is 0.708. The maximum absolute atomic E-state index is 13.6. The molecule has 6 heterocycles. The largest absolute Gasteiger partial charge is 0.394 e. The predicted octanol–water partition coefficient (Wildman–Crippen LogP) is -2.84. The first-order valence-corrected chi connectivity index (χ1v) is 41.2. The van der Waals surface area contributed by atoms with Gasteiger partial charge < -0.3 is 165 Å². The first-order valence-electron chi connectivity index (χ1n) is 41.2. The van der Waals surface area contributed by atoms with Crippen LogP contribution < -0.4 is 21.3 Å². The van der Waals surface area contributed by atoms with Crippen molar-refractivity contribution in [3.63, 3.8) is 0 Å². The zero-order valence-electron chi connectivity index (χ0n) is 66.5. The summed E-state index contributed by atoms with van der Waals surface area (Å²) in [5, 5.41) is 201. The molecule has 660 valence electrons. The maximum Gasteiger partial charge on any atom is 0.220 e. The number of rotatable bonds is 51. The van der Waals surface area contributed by atoms with Gasteiger partial charge in [-0.05, 0) is 19.8 Å². The lowest BCUT2D eigenvalue weighted by atomic mass is 9.92. The number of hydrogen-bond donors (Lipinski definition) is 21. The lowest BCUT2D eigenvalue weighted by Gasteiger charge is -2.52. The molecule has 6 saturated heterocycles. The molecule has 6 fully saturated rings. The van der Waals surface area contributed by atoms with Crippen LogP contribution in [0.15, 0.2) is 0 Å². The number of aliphatic hydroxyl groups excluding tert-OH is 17. The standard InChI is InChI=1S/C76H138N4O33/c1-7-9-11-13-15-17-19-21-23-25-27-29-31-33-51(90)80-44(56(92)45(89)32-30-28-26-24-22-20-18-16-14-12-10-8-2)39-102-74-65(101)62(98)66(49(37-84)108-74)109-71-52(77-41(4)86)68(58(94)47(35-82)104-71)111-72-53(78-42(5)87)69(59(95)48(36-83)105-72)112-73-54(79-43(6)88)70(113-75-63(99)60(96)55(91)40(3)103-75)67(50(38-85)107-73)110-76-64(100)61(97)57(93)46(34-81)106-76/h40,44-50,52-76,81-85,89,91-101H,7-39H2,1-6H3,(H,77,86)(H,78,87)(H,79,88)(H,80,90)/t40-,44-,45+,46+,47+,48+,49+,50+,52+,53+,54+,55+,56-,57-,58+,59+,60+,61-,62+,63-,64+,65+,66+,67+,68+,69+,70+,71-,72-,73-,74+,75-,76-/m0/s1. The number of ether oxygens (including phenoxy) is 12. The molecule has 0 bridgehead atoms. The van der Waals surface area contributed by atoms with Crippen LogP contribution in [0.4, 0.5) is 0 Å². The second-order valence-corrected chi connectivity index (χ2v) is 31.2. The first-order chi connectivity index (χ1) is 54.1. The quantitative estimate of drug-likeness (QED) is 0.0273. The summed E-state index contributed by atoms with van der Waals surface area (Å²) >= 11 is 0. The maximum atomic E-state index is 13.6. The molecule has 113 heavy (non-hydrogen) atoms. The van der Waals surface area contributed by atoms with Crippen LogP contribution >= 0.6 is 0 Å². The van der Waals surface area contributed by atoms with E-state index in [1.807, 2.05) is 0 Å². The van der Waals surface area contributed by atoms with Gasteiger partial charge in [0.25, 0.3) is 0 Å². The van der Waals surface area contributed by atoms with Gasteiger partial charge in [-0.15, -0.1) is 0 Å². The lowest BCUT2D eigenvalue weighted by molar-refractivity contribution is -0.384. The monoisotopic (exact) mass is 1630 g/mol. The number of aliphatic hydroxyl groups is 17. The van der Waals surface area contributed by atoms with Gasteiger partial charge in [0, 0.05) is 27.2 Å². The minimum absolute atomic E-state index is 0.101. The zero-order chi connectivity index (χ0) is 83.0. The second kappa shape index (κ2) is 51.4. The Balaban J connectivity index is 1.22. The van der Waals surface area contributed by atoms with E-state index in [0.717, 1.165) is 85.0 Å².